The van der Waals surface area contributed by atoms with Crippen molar-refractivity contribution < 1.29 is 0 Å². The van der Waals surface area contributed by atoms with Gasteiger partial charge in [0.15, 0.2) is 11.5 Å². The molecule has 0 aliphatic carbocycles. The molecule has 2 N–H and O–H groups in total. The van der Waals surface area contributed by atoms with Crippen LogP contribution in [0.5, 0.6) is 0 Å². The minimum Gasteiger partial charge on any atom is -0.396 e. The van der Waals surface area contributed by atoms with Gasteiger partial charge in [0.05, 0.1) is 10.6 Å². The van der Waals surface area contributed by atoms with E-state index in [1.165, 1.54) is 0 Å². The average Bonchev–Trinajstić information content (AvgIpc) is 2.90. The van der Waals surface area contributed by atoms with Gasteiger partial charge in [-0.05, 0) is 30.5 Å². The molecule has 0 saturated carbocycles. The molecule has 80 valence electrons. The Kier molecular flexibility index (Phi) is 1.94. The SMILES string of the molecule is Cc1ccc(N)c2nc(-c3cccs3)nn12. The van der Waals surface area contributed by atoms with Crippen LogP contribution >= 0.6 is 11.3 Å². The number of nitrogens with two attached hydrogens (primary N) is 1. The van der Waals surface area contributed by atoms with Gasteiger partial charge in [-0.3, -0.25) is 0 Å². The van der Waals surface area contributed by atoms with Crippen LogP contribution in [0.25, 0.3) is 16.3 Å². The maximum atomic E-state index is 5.87. The van der Waals surface area contributed by atoms with Gasteiger partial charge in [0, 0.05) is 5.69 Å². The van der Waals surface area contributed by atoms with Crippen LogP contribution < -0.4 is 5.73 Å². The largest absolute Gasteiger partial charge is 0.396 e. The first-order valence-electron chi connectivity index (χ1n) is 4.91. The van der Waals surface area contributed by atoms with E-state index in [4.69, 9.17) is 5.73 Å². The van der Waals surface area contributed by atoms with Crippen molar-refractivity contribution in [2.75, 3.05) is 5.73 Å². The lowest BCUT2D eigenvalue weighted by Crippen LogP contribution is -1.97. The summed E-state index contributed by atoms with van der Waals surface area (Å²) in [5, 5.41) is 6.46. The summed E-state index contributed by atoms with van der Waals surface area (Å²) in [7, 11) is 0. The summed E-state index contributed by atoms with van der Waals surface area (Å²) in [6.07, 6.45) is 0. The zero-order chi connectivity index (χ0) is 11.1. The van der Waals surface area contributed by atoms with Gasteiger partial charge in [0.25, 0.3) is 0 Å². The first-order valence-corrected chi connectivity index (χ1v) is 5.79. The molecule has 0 aliphatic heterocycles. The molecule has 3 rings (SSSR count). The first-order chi connectivity index (χ1) is 7.75. The molecule has 0 saturated heterocycles. The molecule has 3 aromatic rings. The fourth-order valence-corrected chi connectivity index (χ4v) is 2.26. The summed E-state index contributed by atoms with van der Waals surface area (Å²) in [6.45, 7) is 1.99. The molecule has 4 nitrogen and oxygen atoms in total. The van der Waals surface area contributed by atoms with Crippen molar-refractivity contribution in [2.45, 2.75) is 6.92 Å². The van der Waals surface area contributed by atoms with E-state index in [2.05, 4.69) is 10.1 Å². The van der Waals surface area contributed by atoms with Gasteiger partial charge in [-0.25, -0.2) is 9.50 Å². The van der Waals surface area contributed by atoms with Gasteiger partial charge in [-0.2, -0.15) is 0 Å². The molecular weight excluding hydrogens is 220 g/mol. The highest BCUT2D eigenvalue weighted by atomic mass is 32.1. The number of thiophene rings is 1. The monoisotopic (exact) mass is 230 g/mol. The molecule has 0 aliphatic rings. The quantitative estimate of drug-likeness (QED) is 0.698. The third-order valence-corrected chi connectivity index (χ3v) is 3.31. The lowest BCUT2D eigenvalue weighted by atomic mass is 10.3. The highest BCUT2D eigenvalue weighted by Gasteiger charge is 2.10. The number of rotatable bonds is 1. The minimum absolute atomic E-state index is 0.654. The van der Waals surface area contributed by atoms with E-state index >= 15 is 0 Å². The predicted octanol–water partition coefficient (Wildman–Crippen LogP) is 2.35. The van der Waals surface area contributed by atoms with Crippen molar-refractivity contribution in [1.82, 2.24) is 14.6 Å². The van der Waals surface area contributed by atoms with Crippen molar-refractivity contribution in [3.63, 3.8) is 0 Å². The van der Waals surface area contributed by atoms with Crippen LogP contribution in [0.3, 0.4) is 0 Å². The Morgan fingerprint density at radius 1 is 1.31 bits per heavy atom. The molecule has 0 unspecified atom stereocenters. The summed E-state index contributed by atoms with van der Waals surface area (Å²) >= 11 is 1.62. The summed E-state index contributed by atoms with van der Waals surface area (Å²) in [4.78, 5) is 5.51. The van der Waals surface area contributed by atoms with Crippen molar-refractivity contribution in [1.29, 1.82) is 0 Å². The molecule has 0 amide bonds. The van der Waals surface area contributed by atoms with E-state index in [1.807, 2.05) is 36.6 Å². The second-order valence-electron chi connectivity index (χ2n) is 3.58. The lowest BCUT2D eigenvalue weighted by Gasteiger charge is -1.98. The summed E-state index contributed by atoms with van der Waals surface area (Å²) < 4.78 is 1.78. The number of aryl methyl sites for hydroxylation is 1. The van der Waals surface area contributed by atoms with Gasteiger partial charge >= 0.3 is 0 Å². The van der Waals surface area contributed by atoms with Crippen LogP contribution in [-0.4, -0.2) is 14.6 Å². The zero-order valence-electron chi connectivity index (χ0n) is 8.71. The van der Waals surface area contributed by atoms with Crippen LogP contribution in [0, 0.1) is 6.92 Å². The van der Waals surface area contributed by atoms with Crippen LogP contribution in [-0.2, 0) is 0 Å². The Bertz CT molecular complexity index is 600. The lowest BCUT2D eigenvalue weighted by molar-refractivity contribution is 0.921. The number of nitrogen functional groups attached to an aromatic ring is 1. The molecule has 16 heavy (non-hydrogen) atoms. The number of hydrogen-bond donors (Lipinski definition) is 1. The van der Waals surface area contributed by atoms with Crippen molar-refractivity contribution in [3.05, 3.63) is 35.3 Å². The Balaban J connectivity index is 2.31. The van der Waals surface area contributed by atoms with Crippen LogP contribution in [0.1, 0.15) is 5.69 Å². The summed E-state index contributed by atoms with van der Waals surface area (Å²) in [5.74, 6) is 0.732. The molecule has 3 heterocycles. The number of pyridine rings is 1. The molecule has 0 radical (unpaired) electrons. The number of fused-ring (bicyclic) bond motifs is 1. The normalized spacial score (nSPS) is 11.1. The molecule has 0 atom stereocenters. The highest BCUT2D eigenvalue weighted by Crippen LogP contribution is 2.23. The van der Waals surface area contributed by atoms with Crippen molar-refractivity contribution in [3.8, 4) is 10.7 Å². The smallest absolute Gasteiger partial charge is 0.192 e. The maximum absolute atomic E-state index is 5.87. The van der Waals surface area contributed by atoms with Gasteiger partial charge in [0.2, 0.25) is 0 Å². The second kappa shape index (κ2) is 3.31. The standard InChI is InChI=1S/C11H10N4S/c1-7-4-5-8(12)11-13-10(14-15(7)11)9-3-2-6-16-9/h2-6H,12H2,1H3. The molecule has 5 heteroatoms. The van der Waals surface area contributed by atoms with E-state index in [0.717, 1.165) is 22.0 Å². The van der Waals surface area contributed by atoms with Crippen LogP contribution in [0.2, 0.25) is 0 Å². The third-order valence-electron chi connectivity index (χ3n) is 2.45. The number of nitrogens with zero attached hydrogens (tertiary/aromatic N) is 3. The number of hydrogen-bond acceptors (Lipinski definition) is 4. The molecule has 3 aromatic heterocycles. The van der Waals surface area contributed by atoms with Crippen molar-refractivity contribution >= 4 is 22.7 Å². The van der Waals surface area contributed by atoms with Crippen LogP contribution in [0.15, 0.2) is 29.6 Å². The third kappa shape index (κ3) is 1.29. The van der Waals surface area contributed by atoms with Gasteiger partial charge in [0.1, 0.15) is 0 Å². The topological polar surface area (TPSA) is 56.2 Å². The molecule has 0 aromatic carbocycles. The second-order valence-corrected chi connectivity index (χ2v) is 4.53. The molecular formula is C11H10N4S. The zero-order valence-corrected chi connectivity index (χ0v) is 9.53. The van der Waals surface area contributed by atoms with E-state index in [1.54, 1.807) is 15.9 Å². The van der Waals surface area contributed by atoms with Crippen LogP contribution in [0.4, 0.5) is 5.69 Å². The Morgan fingerprint density at radius 3 is 2.88 bits per heavy atom. The summed E-state index contributed by atoms with van der Waals surface area (Å²) in [6, 6.07) is 7.79. The first kappa shape index (κ1) is 9.35. The van der Waals surface area contributed by atoms with Crippen molar-refractivity contribution in [2.24, 2.45) is 0 Å². The van der Waals surface area contributed by atoms with E-state index in [0.29, 0.717) is 5.69 Å². The fourth-order valence-electron chi connectivity index (χ4n) is 1.61. The molecule has 0 spiro atoms. The van der Waals surface area contributed by atoms with E-state index in [-0.39, 0.29) is 0 Å². The summed E-state index contributed by atoms with van der Waals surface area (Å²) in [5.41, 5.74) is 8.28. The highest BCUT2D eigenvalue weighted by molar-refractivity contribution is 7.13. The number of anilines is 1. The minimum atomic E-state index is 0.654. The van der Waals surface area contributed by atoms with Gasteiger partial charge in [-0.1, -0.05) is 6.07 Å². The molecule has 0 bridgehead atoms. The Labute approximate surface area is 96.4 Å². The Morgan fingerprint density at radius 2 is 2.19 bits per heavy atom. The Hall–Kier alpha value is -1.88. The fraction of sp³-hybridized carbons (Fsp3) is 0.0909. The molecule has 0 fully saturated rings. The van der Waals surface area contributed by atoms with E-state index < -0.39 is 0 Å². The van der Waals surface area contributed by atoms with Gasteiger partial charge < -0.3 is 5.73 Å². The predicted molar refractivity (Wildman–Crippen MR) is 65.4 cm³/mol. The average molecular weight is 230 g/mol. The van der Waals surface area contributed by atoms with E-state index in [9.17, 15) is 0 Å². The number of aromatic nitrogens is 3. The maximum Gasteiger partial charge on any atom is 0.192 e. The van der Waals surface area contributed by atoms with Gasteiger partial charge in [-0.15, -0.1) is 16.4 Å².